The third kappa shape index (κ3) is 1.89. The van der Waals surface area contributed by atoms with Crippen LogP contribution in [0.1, 0.15) is 5.69 Å². The molecule has 1 rings (SSSR count). The topological polar surface area (TPSA) is 38.0 Å². The summed E-state index contributed by atoms with van der Waals surface area (Å²) in [6.45, 7) is -0.550. The van der Waals surface area contributed by atoms with Crippen molar-refractivity contribution in [3.05, 3.63) is 15.5 Å². The zero-order valence-electron chi connectivity index (χ0n) is 5.64. The number of aliphatic hydroxyl groups excluding tert-OH is 1. The van der Waals surface area contributed by atoms with Gasteiger partial charge in [0, 0.05) is 6.20 Å². The summed E-state index contributed by atoms with van der Waals surface area (Å²) in [5, 5.41) is 11.6. The number of nitrogens with zero attached hydrogens (tertiary/aromatic N) is 2. The Labute approximate surface area is 79.3 Å². The Morgan fingerprint density at radius 3 is 2.42 bits per heavy atom. The summed E-state index contributed by atoms with van der Waals surface area (Å²) >= 11 is 1.52. The fourth-order valence-electron chi connectivity index (χ4n) is 0.662. The van der Waals surface area contributed by atoms with E-state index in [1.807, 2.05) is 0 Å². The van der Waals surface area contributed by atoms with Crippen LogP contribution in [0.2, 0.25) is 0 Å². The first kappa shape index (κ1) is 9.78. The van der Waals surface area contributed by atoms with Crippen molar-refractivity contribution in [1.29, 1.82) is 0 Å². The standard InChI is InChI=1S/C5H4F3IN2O/c6-5(7,8)4-3(9)1-11(2-12)10-4/h1,12H,2H2. The number of hydrogen-bond donors (Lipinski definition) is 1. The fraction of sp³-hybridized carbons (Fsp3) is 0.400. The molecule has 1 aromatic heterocycles. The Morgan fingerprint density at radius 2 is 2.17 bits per heavy atom. The number of aromatic nitrogens is 2. The zero-order chi connectivity index (χ0) is 9.35. The maximum Gasteiger partial charge on any atom is 0.436 e. The minimum absolute atomic E-state index is 0.0193. The average Bonchev–Trinajstić information content (AvgIpc) is 2.29. The third-order valence-corrected chi connectivity index (χ3v) is 1.92. The minimum Gasteiger partial charge on any atom is -0.374 e. The summed E-state index contributed by atoms with van der Waals surface area (Å²) in [4.78, 5) is 0. The molecule has 0 saturated carbocycles. The zero-order valence-corrected chi connectivity index (χ0v) is 7.80. The SMILES string of the molecule is OCn1cc(I)c(C(F)(F)F)n1. The maximum atomic E-state index is 12.0. The van der Waals surface area contributed by atoms with Crippen molar-refractivity contribution in [1.82, 2.24) is 9.78 Å². The molecule has 0 aliphatic heterocycles. The lowest BCUT2D eigenvalue weighted by atomic mass is 10.4. The molecule has 0 saturated heterocycles. The smallest absolute Gasteiger partial charge is 0.374 e. The lowest BCUT2D eigenvalue weighted by Crippen LogP contribution is -2.09. The van der Waals surface area contributed by atoms with Gasteiger partial charge in [-0.05, 0) is 22.6 Å². The lowest BCUT2D eigenvalue weighted by Gasteiger charge is -2.01. The summed E-state index contributed by atoms with van der Waals surface area (Å²) in [5.74, 6) is 0. The molecule has 1 N–H and O–H groups in total. The van der Waals surface area contributed by atoms with E-state index in [4.69, 9.17) is 5.11 Å². The average molecular weight is 292 g/mol. The molecule has 0 aliphatic rings. The highest BCUT2D eigenvalue weighted by Crippen LogP contribution is 2.31. The van der Waals surface area contributed by atoms with Crippen LogP contribution in [0.5, 0.6) is 0 Å². The molecule has 0 amide bonds. The normalized spacial score (nSPS) is 12.1. The van der Waals surface area contributed by atoms with Gasteiger partial charge in [-0.1, -0.05) is 0 Å². The molecule has 0 fully saturated rings. The van der Waals surface area contributed by atoms with E-state index in [1.54, 1.807) is 0 Å². The van der Waals surface area contributed by atoms with Crippen LogP contribution in [-0.2, 0) is 12.9 Å². The van der Waals surface area contributed by atoms with Gasteiger partial charge >= 0.3 is 6.18 Å². The molecule has 3 nitrogen and oxygen atoms in total. The molecular weight excluding hydrogens is 288 g/mol. The molecule has 1 aromatic rings. The number of halogens is 4. The Morgan fingerprint density at radius 1 is 1.58 bits per heavy atom. The summed E-state index contributed by atoms with van der Waals surface area (Å²) in [7, 11) is 0. The van der Waals surface area contributed by atoms with Crippen LogP contribution in [0.25, 0.3) is 0 Å². The second kappa shape index (κ2) is 3.21. The van der Waals surface area contributed by atoms with Gasteiger partial charge in [-0.2, -0.15) is 18.3 Å². The summed E-state index contributed by atoms with van der Waals surface area (Å²) in [6, 6.07) is 0. The van der Waals surface area contributed by atoms with E-state index in [0.29, 0.717) is 0 Å². The van der Waals surface area contributed by atoms with Crippen molar-refractivity contribution < 1.29 is 18.3 Å². The first-order valence-electron chi connectivity index (χ1n) is 2.86. The quantitative estimate of drug-likeness (QED) is 0.796. The van der Waals surface area contributed by atoms with Crippen molar-refractivity contribution >= 4 is 22.6 Å². The fourth-order valence-corrected chi connectivity index (χ4v) is 1.40. The van der Waals surface area contributed by atoms with Gasteiger partial charge in [0.2, 0.25) is 0 Å². The van der Waals surface area contributed by atoms with Gasteiger partial charge in [0.25, 0.3) is 0 Å². The largest absolute Gasteiger partial charge is 0.436 e. The van der Waals surface area contributed by atoms with E-state index in [2.05, 4.69) is 5.10 Å². The summed E-state index contributed by atoms with van der Waals surface area (Å²) in [5.41, 5.74) is -0.961. The van der Waals surface area contributed by atoms with Crippen LogP contribution in [0.15, 0.2) is 6.20 Å². The van der Waals surface area contributed by atoms with Crippen molar-refractivity contribution in [2.75, 3.05) is 0 Å². The van der Waals surface area contributed by atoms with E-state index >= 15 is 0 Å². The van der Waals surface area contributed by atoms with Crippen LogP contribution in [-0.4, -0.2) is 14.9 Å². The molecule has 1 heterocycles. The number of alkyl halides is 3. The molecule has 0 unspecified atom stereocenters. The van der Waals surface area contributed by atoms with Crippen molar-refractivity contribution in [2.24, 2.45) is 0 Å². The van der Waals surface area contributed by atoms with Gasteiger partial charge in [0.1, 0.15) is 6.73 Å². The number of hydrogen-bond acceptors (Lipinski definition) is 2. The van der Waals surface area contributed by atoms with Crippen LogP contribution >= 0.6 is 22.6 Å². The minimum atomic E-state index is -4.45. The first-order chi connectivity index (χ1) is 5.45. The van der Waals surface area contributed by atoms with E-state index in [0.717, 1.165) is 10.9 Å². The molecule has 0 aliphatic carbocycles. The van der Waals surface area contributed by atoms with Gasteiger partial charge in [-0.25, -0.2) is 4.68 Å². The molecule has 7 heteroatoms. The molecule has 68 valence electrons. The molecule has 0 bridgehead atoms. The van der Waals surface area contributed by atoms with Crippen LogP contribution < -0.4 is 0 Å². The Hall–Kier alpha value is -0.310. The maximum absolute atomic E-state index is 12.0. The Kier molecular flexibility index (Phi) is 2.61. The van der Waals surface area contributed by atoms with Gasteiger partial charge in [-0.3, -0.25) is 0 Å². The van der Waals surface area contributed by atoms with Crippen molar-refractivity contribution in [3.8, 4) is 0 Å². The second-order valence-corrected chi connectivity index (χ2v) is 3.17. The molecule has 0 atom stereocenters. The van der Waals surface area contributed by atoms with Gasteiger partial charge in [0.15, 0.2) is 5.69 Å². The predicted octanol–water partition coefficient (Wildman–Crippen LogP) is 1.46. The first-order valence-corrected chi connectivity index (χ1v) is 3.94. The summed E-state index contributed by atoms with van der Waals surface area (Å²) in [6.07, 6.45) is -3.32. The van der Waals surface area contributed by atoms with Crippen LogP contribution in [0.4, 0.5) is 13.2 Å². The van der Waals surface area contributed by atoms with Gasteiger partial charge < -0.3 is 5.11 Å². The number of rotatable bonds is 1. The van der Waals surface area contributed by atoms with E-state index in [1.165, 1.54) is 22.6 Å². The Bertz CT molecular complexity index is 283. The molecule has 0 radical (unpaired) electrons. The van der Waals surface area contributed by atoms with Gasteiger partial charge in [-0.15, -0.1) is 0 Å². The molecular formula is C5H4F3IN2O. The highest BCUT2D eigenvalue weighted by molar-refractivity contribution is 14.1. The molecule has 12 heavy (non-hydrogen) atoms. The number of aliphatic hydroxyl groups is 1. The van der Waals surface area contributed by atoms with E-state index in [9.17, 15) is 13.2 Å². The van der Waals surface area contributed by atoms with Crippen molar-refractivity contribution in [2.45, 2.75) is 12.9 Å². The third-order valence-electron chi connectivity index (χ3n) is 1.13. The second-order valence-electron chi connectivity index (χ2n) is 2.00. The predicted molar refractivity (Wildman–Crippen MR) is 42.2 cm³/mol. The summed E-state index contributed by atoms with van der Waals surface area (Å²) < 4.78 is 36.9. The highest BCUT2D eigenvalue weighted by Gasteiger charge is 2.36. The Balaban J connectivity index is 3.08. The van der Waals surface area contributed by atoms with E-state index < -0.39 is 18.6 Å². The van der Waals surface area contributed by atoms with Crippen LogP contribution in [0, 0.1) is 3.57 Å². The molecule has 0 aromatic carbocycles. The van der Waals surface area contributed by atoms with E-state index in [-0.39, 0.29) is 3.57 Å². The highest BCUT2D eigenvalue weighted by atomic mass is 127. The van der Waals surface area contributed by atoms with Crippen molar-refractivity contribution in [3.63, 3.8) is 0 Å². The van der Waals surface area contributed by atoms with Crippen LogP contribution in [0.3, 0.4) is 0 Å². The monoisotopic (exact) mass is 292 g/mol. The van der Waals surface area contributed by atoms with Gasteiger partial charge in [0.05, 0.1) is 3.57 Å². The lowest BCUT2D eigenvalue weighted by molar-refractivity contribution is -0.142. The molecule has 0 spiro atoms.